The lowest BCUT2D eigenvalue weighted by Gasteiger charge is -2.35. The molecule has 210 valence electrons. The zero-order valence-electron chi connectivity index (χ0n) is 19.8. The number of furan rings is 1. The number of rotatable bonds is 4. The first-order valence-electron chi connectivity index (χ1n) is 11.6. The lowest BCUT2D eigenvalue weighted by Crippen LogP contribution is -2.43. The predicted molar refractivity (Wildman–Crippen MR) is 116 cm³/mol. The first-order valence-corrected chi connectivity index (χ1v) is 11.6. The fraction of sp³-hybridized carbons (Fsp3) is 0.682. The summed E-state index contributed by atoms with van der Waals surface area (Å²) in [6.07, 6.45) is -4.62. The Bertz CT molecular complexity index is 862. The highest BCUT2D eigenvalue weighted by molar-refractivity contribution is 5.91. The fourth-order valence-corrected chi connectivity index (χ4v) is 4.46. The quantitative estimate of drug-likeness (QED) is 0.556. The average Bonchev–Trinajstić information content (AvgIpc) is 3.58. The van der Waals surface area contributed by atoms with Crippen LogP contribution >= 0.6 is 0 Å². The van der Waals surface area contributed by atoms with Crippen LogP contribution in [-0.2, 0) is 9.59 Å². The van der Waals surface area contributed by atoms with E-state index in [-0.39, 0.29) is 5.91 Å². The SMILES string of the molecule is O=C(O)C(F)(F)F.O=C(O)C(F)(F)F.O=C(c1ccco1)N1C[C@H]2CN(CCN3CCCC3)CC[C@H]2C1. The molecule has 0 bridgehead atoms. The van der Waals surface area contributed by atoms with E-state index in [1.165, 1.54) is 52.0 Å². The van der Waals surface area contributed by atoms with Crippen molar-refractivity contribution in [1.82, 2.24) is 14.7 Å². The van der Waals surface area contributed by atoms with Crippen LogP contribution in [0.4, 0.5) is 26.3 Å². The topological polar surface area (TPSA) is 115 Å². The number of fused-ring (bicyclic) bond motifs is 1. The van der Waals surface area contributed by atoms with Gasteiger partial charge in [0.15, 0.2) is 5.76 Å². The Kier molecular flexibility index (Phi) is 10.8. The molecule has 3 fully saturated rings. The molecule has 0 unspecified atom stereocenters. The van der Waals surface area contributed by atoms with Gasteiger partial charge in [-0.3, -0.25) is 4.79 Å². The van der Waals surface area contributed by atoms with E-state index >= 15 is 0 Å². The van der Waals surface area contributed by atoms with Gasteiger partial charge in [-0.05, 0) is 62.9 Å². The van der Waals surface area contributed by atoms with Crippen molar-refractivity contribution in [3.8, 4) is 0 Å². The minimum Gasteiger partial charge on any atom is -0.475 e. The molecular weight excluding hydrogens is 516 g/mol. The standard InChI is InChI=1S/C18H27N3O2.2C2HF3O2/c22-18(17-4-3-11-23-17)21-13-15-5-8-20(12-16(15)14-21)10-9-19-6-1-2-7-19;2*3-2(4,5)1(6)7/h3-4,11,15-16H,1-2,5-10,12-14H2;2*(H,6,7)/t15-,16+;;/m0../s1. The summed E-state index contributed by atoms with van der Waals surface area (Å²) in [4.78, 5) is 37.4. The summed E-state index contributed by atoms with van der Waals surface area (Å²) >= 11 is 0. The minimum absolute atomic E-state index is 0.0630. The van der Waals surface area contributed by atoms with Gasteiger partial charge in [-0.25, -0.2) is 9.59 Å². The molecule has 15 heteroatoms. The van der Waals surface area contributed by atoms with Crippen LogP contribution in [0, 0.1) is 11.8 Å². The third-order valence-corrected chi connectivity index (χ3v) is 6.32. The second-order valence-corrected chi connectivity index (χ2v) is 8.95. The number of piperidine rings is 1. The van der Waals surface area contributed by atoms with Crippen LogP contribution in [0.1, 0.15) is 29.8 Å². The van der Waals surface area contributed by atoms with Crippen LogP contribution in [0.3, 0.4) is 0 Å². The molecule has 4 heterocycles. The zero-order chi connectivity index (χ0) is 27.8. The van der Waals surface area contributed by atoms with E-state index in [0.717, 1.165) is 19.6 Å². The van der Waals surface area contributed by atoms with E-state index in [0.29, 0.717) is 17.6 Å². The van der Waals surface area contributed by atoms with Crippen LogP contribution in [-0.4, -0.2) is 107 Å². The van der Waals surface area contributed by atoms with Crippen molar-refractivity contribution in [2.75, 3.05) is 52.4 Å². The smallest absolute Gasteiger partial charge is 0.475 e. The molecule has 1 amide bonds. The Balaban J connectivity index is 0.000000286. The Labute approximate surface area is 208 Å². The van der Waals surface area contributed by atoms with Gasteiger partial charge in [0.1, 0.15) is 0 Å². The zero-order valence-corrected chi connectivity index (χ0v) is 19.8. The van der Waals surface area contributed by atoms with Crippen molar-refractivity contribution in [2.45, 2.75) is 31.6 Å². The van der Waals surface area contributed by atoms with E-state index < -0.39 is 24.3 Å². The average molecular weight is 545 g/mol. The number of carbonyl (C=O) groups excluding carboxylic acids is 1. The fourth-order valence-electron chi connectivity index (χ4n) is 4.46. The van der Waals surface area contributed by atoms with Crippen molar-refractivity contribution >= 4 is 17.8 Å². The summed E-state index contributed by atoms with van der Waals surface area (Å²) < 4.78 is 68.7. The summed E-state index contributed by atoms with van der Waals surface area (Å²) in [5.41, 5.74) is 0. The number of amides is 1. The lowest BCUT2D eigenvalue weighted by molar-refractivity contribution is -0.193. The van der Waals surface area contributed by atoms with Crippen molar-refractivity contribution in [2.24, 2.45) is 11.8 Å². The number of likely N-dealkylation sites (tertiary alicyclic amines) is 3. The molecule has 2 N–H and O–H groups in total. The van der Waals surface area contributed by atoms with Gasteiger partial charge in [0.2, 0.25) is 0 Å². The molecule has 37 heavy (non-hydrogen) atoms. The highest BCUT2D eigenvalue weighted by Crippen LogP contribution is 2.32. The lowest BCUT2D eigenvalue weighted by atomic mass is 9.89. The van der Waals surface area contributed by atoms with E-state index in [4.69, 9.17) is 24.2 Å². The Morgan fingerprint density at radius 1 is 0.838 bits per heavy atom. The van der Waals surface area contributed by atoms with Gasteiger partial charge < -0.3 is 29.3 Å². The second kappa shape index (κ2) is 13.1. The van der Waals surface area contributed by atoms with Crippen molar-refractivity contribution in [3.63, 3.8) is 0 Å². The molecule has 0 aromatic carbocycles. The van der Waals surface area contributed by atoms with Gasteiger partial charge in [0, 0.05) is 32.7 Å². The molecule has 1 aromatic rings. The van der Waals surface area contributed by atoms with Crippen molar-refractivity contribution in [1.29, 1.82) is 0 Å². The number of hydrogen-bond acceptors (Lipinski definition) is 6. The first kappa shape index (κ1) is 30.4. The molecular formula is C22H29F6N3O6. The second-order valence-electron chi connectivity index (χ2n) is 8.95. The number of carboxylic acid groups (broad SMARTS) is 2. The molecule has 9 nitrogen and oxygen atoms in total. The summed E-state index contributed by atoms with van der Waals surface area (Å²) in [6, 6.07) is 3.56. The van der Waals surface area contributed by atoms with Crippen LogP contribution < -0.4 is 0 Å². The number of carboxylic acids is 2. The van der Waals surface area contributed by atoms with Gasteiger partial charge in [-0.2, -0.15) is 26.3 Å². The number of alkyl halides is 6. The molecule has 0 saturated carbocycles. The summed E-state index contributed by atoms with van der Waals surface area (Å²) in [5, 5.41) is 14.2. The van der Waals surface area contributed by atoms with Gasteiger partial charge >= 0.3 is 24.3 Å². The Morgan fingerprint density at radius 3 is 1.84 bits per heavy atom. The van der Waals surface area contributed by atoms with Crippen LogP contribution in [0.2, 0.25) is 0 Å². The number of nitrogens with zero attached hydrogens (tertiary/aromatic N) is 3. The molecule has 4 rings (SSSR count). The Hall–Kier alpha value is -2.81. The van der Waals surface area contributed by atoms with E-state index in [1.54, 1.807) is 18.4 Å². The van der Waals surface area contributed by atoms with Gasteiger partial charge in [0.05, 0.1) is 6.26 Å². The highest BCUT2D eigenvalue weighted by Gasteiger charge is 2.40. The van der Waals surface area contributed by atoms with E-state index in [9.17, 15) is 31.1 Å². The summed E-state index contributed by atoms with van der Waals surface area (Å²) in [5.74, 6) is -3.65. The molecule has 0 aliphatic carbocycles. The number of carbonyl (C=O) groups is 3. The largest absolute Gasteiger partial charge is 0.490 e. The third kappa shape index (κ3) is 9.87. The van der Waals surface area contributed by atoms with Gasteiger partial charge in [-0.1, -0.05) is 0 Å². The maximum atomic E-state index is 12.4. The monoisotopic (exact) mass is 545 g/mol. The van der Waals surface area contributed by atoms with Crippen molar-refractivity contribution in [3.05, 3.63) is 24.2 Å². The highest BCUT2D eigenvalue weighted by atomic mass is 19.4. The molecule has 3 aliphatic rings. The Morgan fingerprint density at radius 2 is 1.35 bits per heavy atom. The van der Waals surface area contributed by atoms with Crippen LogP contribution in [0.25, 0.3) is 0 Å². The van der Waals surface area contributed by atoms with E-state index in [2.05, 4.69) is 9.80 Å². The molecule has 0 spiro atoms. The third-order valence-electron chi connectivity index (χ3n) is 6.32. The number of halogens is 6. The van der Waals surface area contributed by atoms with Gasteiger partial charge in [-0.15, -0.1) is 0 Å². The molecule has 2 atom stereocenters. The molecule has 3 saturated heterocycles. The number of hydrogen-bond donors (Lipinski definition) is 2. The molecule has 0 radical (unpaired) electrons. The number of aliphatic carboxylic acids is 2. The summed E-state index contributed by atoms with van der Waals surface area (Å²) in [6.45, 7) is 9.12. The molecule has 1 aromatic heterocycles. The summed E-state index contributed by atoms with van der Waals surface area (Å²) in [7, 11) is 0. The van der Waals surface area contributed by atoms with E-state index in [1.807, 2.05) is 4.90 Å². The van der Waals surface area contributed by atoms with Crippen LogP contribution in [0.5, 0.6) is 0 Å². The van der Waals surface area contributed by atoms with Crippen molar-refractivity contribution < 1.29 is 55.4 Å². The first-order chi connectivity index (χ1) is 17.2. The maximum absolute atomic E-state index is 12.4. The predicted octanol–water partition coefficient (Wildman–Crippen LogP) is 3.04. The maximum Gasteiger partial charge on any atom is 0.490 e. The van der Waals surface area contributed by atoms with Gasteiger partial charge in [0.25, 0.3) is 5.91 Å². The van der Waals surface area contributed by atoms with Crippen LogP contribution in [0.15, 0.2) is 22.8 Å². The minimum atomic E-state index is -5.08. The molecule has 3 aliphatic heterocycles. The normalized spacial score (nSPS) is 22.4.